The van der Waals surface area contributed by atoms with Gasteiger partial charge in [-0.3, -0.25) is 0 Å². The Morgan fingerprint density at radius 2 is 1.67 bits per heavy atom. The van der Waals surface area contributed by atoms with Gasteiger partial charge in [-0.1, -0.05) is 26.7 Å². The van der Waals surface area contributed by atoms with Crippen LogP contribution in [0, 0.1) is 17.3 Å². The van der Waals surface area contributed by atoms with Crippen molar-refractivity contribution in [1.29, 1.82) is 0 Å². The van der Waals surface area contributed by atoms with Gasteiger partial charge >= 0.3 is 0 Å². The molecule has 2 unspecified atom stereocenters. The first-order valence-corrected chi connectivity index (χ1v) is 6.48. The molecule has 88 valence electrons. The van der Waals surface area contributed by atoms with Crippen molar-refractivity contribution in [1.82, 2.24) is 4.90 Å². The highest BCUT2D eigenvalue weighted by Crippen LogP contribution is 2.39. The van der Waals surface area contributed by atoms with Crippen molar-refractivity contribution in [3.63, 3.8) is 0 Å². The Hall–Kier alpha value is -0.0800. The van der Waals surface area contributed by atoms with E-state index in [1.807, 2.05) is 0 Å². The third-order valence-electron chi connectivity index (χ3n) is 4.62. The summed E-state index contributed by atoms with van der Waals surface area (Å²) in [4.78, 5) is 2.58. The molecule has 2 heteroatoms. The lowest BCUT2D eigenvalue weighted by molar-refractivity contribution is 0.0863. The Bertz CT molecular complexity index is 201. The maximum absolute atomic E-state index is 9.58. The van der Waals surface area contributed by atoms with E-state index < -0.39 is 0 Å². The predicted octanol–water partition coefficient (Wildman–Crippen LogP) is 2.13. The number of hydrogen-bond donors (Lipinski definition) is 1. The van der Waals surface area contributed by atoms with Gasteiger partial charge in [0.05, 0.1) is 0 Å². The molecule has 0 aromatic heterocycles. The molecule has 1 heterocycles. The molecule has 2 aliphatic rings. The Labute approximate surface area is 93.7 Å². The van der Waals surface area contributed by atoms with Crippen molar-refractivity contribution in [2.45, 2.75) is 39.5 Å². The number of rotatable bonds is 3. The normalized spacial score (nSPS) is 36.2. The lowest BCUT2D eigenvalue weighted by Gasteiger charge is -2.31. The van der Waals surface area contributed by atoms with E-state index >= 15 is 0 Å². The highest BCUT2D eigenvalue weighted by atomic mass is 16.3. The molecule has 0 aromatic rings. The molecule has 2 atom stereocenters. The molecule has 0 amide bonds. The zero-order valence-corrected chi connectivity index (χ0v) is 10.2. The third kappa shape index (κ3) is 2.36. The summed E-state index contributed by atoms with van der Waals surface area (Å²) in [6, 6.07) is 0. The molecule has 2 rings (SSSR count). The van der Waals surface area contributed by atoms with Gasteiger partial charge in [-0.15, -0.1) is 0 Å². The second-order valence-corrected chi connectivity index (χ2v) is 6.01. The third-order valence-corrected chi connectivity index (χ3v) is 4.62. The quantitative estimate of drug-likeness (QED) is 0.773. The van der Waals surface area contributed by atoms with Crippen LogP contribution in [0.1, 0.15) is 39.5 Å². The van der Waals surface area contributed by atoms with Crippen LogP contribution in [0.2, 0.25) is 0 Å². The lowest BCUT2D eigenvalue weighted by Crippen LogP contribution is -2.37. The molecular formula is C13H25NO. The Balaban J connectivity index is 1.90. The highest BCUT2D eigenvalue weighted by Gasteiger charge is 2.37. The van der Waals surface area contributed by atoms with Crippen LogP contribution in [0.4, 0.5) is 0 Å². The molecular weight excluding hydrogens is 186 g/mol. The van der Waals surface area contributed by atoms with Crippen LogP contribution in [0.25, 0.3) is 0 Å². The summed E-state index contributed by atoms with van der Waals surface area (Å²) in [7, 11) is 0. The topological polar surface area (TPSA) is 23.5 Å². The summed E-state index contributed by atoms with van der Waals surface area (Å²) in [5, 5.41) is 9.58. The summed E-state index contributed by atoms with van der Waals surface area (Å²) in [6.45, 7) is 8.71. The van der Waals surface area contributed by atoms with Crippen LogP contribution in [0.5, 0.6) is 0 Å². The zero-order valence-electron chi connectivity index (χ0n) is 10.2. The molecule has 0 radical (unpaired) electrons. The lowest BCUT2D eigenvalue weighted by atomic mass is 9.86. The molecule has 2 nitrogen and oxygen atoms in total. The highest BCUT2D eigenvalue weighted by molar-refractivity contribution is 4.90. The standard InChI is InChI=1S/C13H25NO/c1-11-7-14(8-12(11)2)9-13(10-15)5-3-4-6-13/h11-12,15H,3-10H2,1-2H3. The first-order valence-electron chi connectivity index (χ1n) is 6.48. The summed E-state index contributed by atoms with van der Waals surface area (Å²) < 4.78 is 0. The maximum Gasteiger partial charge on any atom is 0.0499 e. The minimum atomic E-state index is 0.254. The van der Waals surface area contributed by atoms with Crippen molar-refractivity contribution >= 4 is 0 Å². The Kier molecular flexibility index (Phi) is 3.36. The van der Waals surface area contributed by atoms with Gasteiger partial charge in [-0.25, -0.2) is 0 Å². The molecule has 0 spiro atoms. The number of likely N-dealkylation sites (tertiary alicyclic amines) is 1. The van der Waals surface area contributed by atoms with Crippen LogP contribution in [0.15, 0.2) is 0 Å². The average molecular weight is 211 g/mol. The van der Waals surface area contributed by atoms with Gasteiger partial charge in [0.15, 0.2) is 0 Å². The second kappa shape index (κ2) is 4.42. The molecule has 15 heavy (non-hydrogen) atoms. The van der Waals surface area contributed by atoms with E-state index in [0.29, 0.717) is 6.61 Å². The van der Waals surface area contributed by atoms with Crippen LogP contribution in [0.3, 0.4) is 0 Å². The van der Waals surface area contributed by atoms with E-state index in [0.717, 1.165) is 18.4 Å². The number of nitrogens with zero attached hydrogens (tertiary/aromatic N) is 1. The van der Waals surface area contributed by atoms with Gasteiger partial charge in [0.1, 0.15) is 0 Å². The van der Waals surface area contributed by atoms with E-state index in [-0.39, 0.29) is 5.41 Å². The van der Waals surface area contributed by atoms with E-state index in [1.165, 1.54) is 38.8 Å². The average Bonchev–Trinajstić information content (AvgIpc) is 2.77. The summed E-state index contributed by atoms with van der Waals surface area (Å²) >= 11 is 0. The van der Waals surface area contributed by atoms with Gasteiger partial charge in [-0.05, 0) is 24.7 Å². The first-order chi connectivity index (χ1) is 7.15. The fourth-order valence-electron chi connectivity index (χ4n) is 3.34. The predicted molar refractivity (Wildman–Crippen MR) is 62.8 cm³/mol. The van der Waals surface area contributed by atoms with Gasteiger partial charge in [0.25, 0.3) is 0 Å². The molecule has 0 aromatic carbocycles. The van der Waals surface area contributed by atoms with E-state index in [2.05, 4.69) is 18.7 Å². The van der Waals surface area contributed by atoms with Crippen molar-refractivity contribution in [3.05, 3.63) is 0 Å². The second-order valence-electron chi connectivity index (χ2n) is 6.01. The largest absolute Gasteiger partial charge is 0.396 e. The van der Waals surface area contributed by atoms with Crippen LogP contribution in [-0.4, -0.2) is 36.2 Å². The minimum Gasteiger partial charge on any atom is -0.396 e. The van der Waals surface area contributed by atoms with Crippen molar-refractivity contribution in [2.24, 2.45) is 17.3 Å². The van der Waals surface area contributed by atoms with E-state index in [4.69, 9.17) is 0 Å². The van der Waals surface area contributed by atoms with Crippen molar-refractivity contribution in [3.8, 4) is 0 Å². The first kappa shape index (κ1) is 11.4. The molecule has 1 N–H and O–H groups in total. The maximum atomic E-state index is 9.58. The van der Waals surface area contributed by atoms with E-state index in [1.54, 1.807) is 0 Å². The van der Waals surface area contributed by atoms with Crippen molar-refractivity contribution < 1.29 is 5.11 Å². The number of aliphatic hydroxyl groups is 1. The molecule has 1 aliphatic heterocycles. The summed E-state index contributed by atoms with van der Waals surface area (Å²) in [5.41, 5.74) is 0.254. The molecule has 2 fully saturated rings. The van der Waals surface area contributed by atoms with Gasteiger partial charge < -0.3 is 10.0 Å². The zero-order chi connectivity index (χ0) is 10.9. The molecule has 1 saturated carbocycles. The Morgan fingerprint density at radius 3 is 2.13 bits per heavy atom. The fraction of sp³-hybridized carbons (Fsp3) is 1.00. The fourth-order valence-corrected chi connectivity index (χ4v) is 3.34. The number of hydrogen-bond acceptors (Lipinski definition) is 2. The molecule has 1 saturated heterocycles. The molecule has 0 bridgehead atoms. The van der Waals surface area contributed by atoms with Gasteiger partial charge in [0, 0.05) is 31.7 Å². The monoisotopic (exact) mass is 211 g/mol. The van der Waals surface area contributed by atoms with Gasteiger partial charge in [-0.2, -0.15) is 0 Å². The SMILES string of the molecule is CC1CN(CC2(CO)CCCC2)CC1C. The van der Waals surface area contributed by atoms with Crippen LogP contribution in [-0.2, 0) is 0 Å². The van der Waals surface area contributed by atoms with E-state index in [9.17, 15) is 5.11 Å². The summed E-state index contributed by atoms with van der Waals surface area (Å²) in [6.07, 6.45) is 5.12. The smallest absolute Gasteiger partial charge is 0.0499 e. The minimum absolute atomic E-state index is 0.254. The van der Waals surface area contributed by atoms with Gasteiger partial charge in [0.2, 0.25) is 0 Å². The van der Waals surface area contributed by atoms with Crippen molar-refractivity contribution in [2.75, 3.05) is 26.2 Å². The summed E-state index contributed by atoms with van der Waals surface area (Å²) in [5.74, 6) is 1.67. The number of aliphatic hydroxyl groups excluding tert-OH is 1. The Morgan fingerprint density at radius 1 is 1.13 bits per heavy atom. The van der Waals surface area contributed by atoms with Crippen LogP contribution >= 0.6 is 0 Å². The van der Waals surface area contributed by atoms with Crippen LogP contribution < -0.4 is 0 Å². The molecule has 1 aliphatic carbocycles.